The molecule has 2 rings (SSSR count). The van der Waals surface area contributed by atoms with Crippen LogP contribution in [0, 0.1) is 20.8 Å². The summed E-state index contributed by atoms with van der Waals surface area (Å²) < 4.78 is 1.11. The van der Waals surface area contributed by atoms with Crippen LogP contribution in [0.3, 0.4) is 0 Å². The van der Waals surface area contributed by atoms with Crippen LogP contribution in [0.2, 0.25) is 0 Å². The first-order valence-corrected chi connectivity index (χ1v) is 6.35. The van der Waals surface area contributed by atoms with E-state index in [9.17, 15) is 5.11 Å². The van der Waals surface area contributed by atoms with Crippen molar-refractivity contribution in [3.05, 3.63) is 51.5 Å². The van der Waals surface area contributed by atoms with Crippen LogP contribution in [-0.2, 0) is 0 Å². The molecule has 0 unspecified atom stereocenters. The first-order chi connectivity index (χ1) is 8.00. The normalized spacial score (nSPS) is 10.6. The van der Waals surface area contributed by atoms with Gasteiger partial charge in [-0.25, -0.2) is 0 Å². The highest BCUT2D eigenvalue weighted by atomic mass is 79.9. The van der Waals surface area contributed by atoms with E-state index < -0.39 is 0 Å². The maximum atomic E-state index is 9.96. The second kappa shape index (κ2) is 4.53. The topological polar surface area (TPSA) is 20.2 Å². The highest BCUT2D eigenvalue weighted by Crippen LogP contribution is 2.36. The van der Waals surface area contributed by atoms with Gasteiger partial charge in [0.2, 0.25) is 0 Å². The first-order valence-electron chi connectivity index (χ1n) is 5.56. The van der Waals surface area contributed by atoms with E-state index in [1.54, 1.807) is 6.07 Å². The summed E-state index contributed by atoms with van der Waals surface area (Å²) in [6.45, 7) is 6.16. The number of aryl methyl sites for hydroxylation is 2. The van der Waals surface area contributed by atoms with E-state index in [0.717, 1.165) is 26.7 Å². The molecule has 0 saturated carbocycles. The van der Waals surface area contributed by atoms with Gasteiger partial charge in [-0.05, 0) is 49.6 Å². The zero-order chi connectivity index (χ0) is 12.6. The molecule has 0 aromatic heterocycles. The predicted molar refractivity (Wildman–Crippen MR) is 75.5 cm³/mol. The number of benzene rings is 2. The molecule has 0 saturated heterocycles. The van der Waals surface area contributed by atoms with Gasteiger partial charge in [-0.2, -0.15) is 0 Å². The van der Waals surface area contributed by atoms with Gasteiger partial charge in [-0.1, -0.05) is 39.7 Å². The highest BCUT2D eigenvalue weighted by Gasteiger charge is 2.10. The minimum Gasteiger partial charge on any atom is -0.507 e. The quantitative estimate of drug-likeness (QED) is 0.804. The van der Waals surface area contributed by atoms with Crippen molar-refractivity contribution >= 4 is 15.9 Å². The van der Waals surface area contributed by atoms with Gasteiger partial charge in [0.15, 0.2) is 0 Å². The molecule has 1 N–H and O–H groups in total. The molecule has 2 aromatic carbocycles. The molecular formula is C15H15BrO. The van der Waals surface area contributed by atoms with Crippen LogP contribution in [0.1, 0.15) is 16.7 Å². The fourth-order valence-corrected chi connectivity index (χ4v) is 2.32. The molecule has 0 atom stereocenters. The zero-order valence-corrected chi connectivity index (χ0v) is 11.8. The van der Waals surface area contributed by atoms with Crippen LogP contribution in [0.15, 0.2) is 34.8 Å². The largest absolute Gasteiger partial charge is 0.507 e. The van der Waals surface area contributed by atoms with Crippen molar-refractivity contribution in [3.63, 3.8) is 0 Å². The van der Waals surface area contributed by atoms with Crippen molar-refractivity contribution in [2.24, 2.45) is 0 Å². The van der Waals surface area contributed by atoms with Gasteiger partial charge in [-0.3, -0.25) is 0 Å². The van der Waals surface area contributed by atoms with Gasteiger partial charge in [0.05, 0.1) is 0 Å². The molecule has 2 heteroatoms. The fourth-order valence-electron chi connectivity index (χ4n) is 1.98. The van der Waals surface area contributed by atoms with Crippen LogP contribution >= 0.6 is 15.9 Å². The molecule has 2 aromatic rings. The Morgan fingerprint density at radius 1 is 0.941 bits per heavy atom. The number of phenols is 1. The van der Waals surface area contributed by atoms with E-state index in [1.165, 1.54) is 5.56 Å². The van der Waals surface area contributed by atoms with E-state index in [-0.39, 0.29) is 0 Å². The van der Waals surface area contributed by atoms with Gasteiger partial charge in [-0.15, -0.1) is 0 Å². The summed E-state index contributed by atoms with van der Waals surface area (Å²) in [6, 6.07) is 9.80. The maximum Gasteiger partial charge on any atom is 0.123 e. The van der Waals surface area contributed by atoms with Crippen molar-refractivity contribution in [3.8, 4) is 16.9 Å². The van der Waals surface area contributed by atoms with Crippen LogP contribution in [0.5, 0.6) is 5.75 Å². The van der Waals surface area contributed by atoms with E-state index in [4.69, 9.17) is 0 Å². The third-order valence-electron chi connectivity index (χ3n) is 3.02. The molecule has 0 aliphatic carbocycles. The van der Waals surface area contributed by atoms with Gasteiger partial charge in [0, 0.05) is 10.0 Å². The van der Waals surface area contributed by atoms with Crippen molar-refractivity contribution in [1.82, 2.24) is 0 Å². The lowest BCUT2D eigenvalue weighted by Gasteiger charge is -2.12. The van der Waals surface area contributed by atoms with Gasteiger partial charge in [0.1, 0.15) is 5.75 Å². The predicted octanol–water partition coefficient (Wildman–Crippen LogP) is 4.75. The second-order valence-corrected chi connectivity index (χ2v) is 5.18. The van der Waals surface area contributed by atoms with E-state index in [2.05, 4.69) is 41.9 Å². The molecule has 0 heterocycles. The fraction of sp³-hybridized carbons (Fsp3) is 0.200. The molecule has 0 fully saturated rings. The Bertz CT molecular complexity index is 573. The molecule has 1 nitrogen and oxygen atoms in total. The lowest BCUT2D eigenvalue weighted by atomic mass is 9.97. The Kier molecular flexibility index (Phi) is 3.25. The van der Waals surface area contributed by atoms with E-state index >= 15 is 0 Å². The number of aromatic hydroxyl groups is 1. The summed E-state index contributed by atoms with van der Waals surface area (Å²) in [5.74, 6) is 0.328. The third-order valence-corrected chi connectivity index (χ3v) is 4.24. The van der Waals surface area contributed by atoms with Crippen LogP contribution in [-0.4, -0.2) is 5.11 Å². The molecule has 88 valence electrons. The van der Waals surface area contributed by atoms with Gasteiger partial charge < -0.3 is 5.11 Å². The average Bonchev–Trinajstić information content (AvgIpc) is 2.30. The SMILES string of the molecule is Cc1ccc(O)c(-c2ccc(C)c(Br)c2C)c1. The van der Waals surface area contributed by atoms with Gasteiger partial charge in [0.25, 0.3) is 0 Å². The summed E-state index contributed by atoms with van der Waals surface area (Å²) in [6.07, 6.45) is 0. The lowest BCUT2D eigenvalue weighted by molar-refractivity contribution is 0.477. The Labute approximate surface area is 110 Å². The summed E-state index contributed by atoms with van der Waals surface area (Å²) in [7, 11) is 0. The monoisotopic (exact) mass is 290 g/mol. The zero-order valence-electron chi connectivity index (χ0n) is 10.2. The number of hydrogen-bond acceptors (Lipinski definition) is 1. The summed E-state index contributed by atoms with van der Waals surface area (Å²) >= 11 is 3.59. The third kappa shape index (κ3) is 2.22. The molecule has 0 bridgehead atoms. The summed E-state index contributed by atoms with van der Waals surface area (Å²) in [5, 5.41) is 9.96. The smallest absolute Gasteiger partial charge is 0.123 e. The van der Waals surface area contributed by atoms with Crippen molar-refractivity contribution in [2.45, 2.75) is 20.8 Å². The number of rotatable bonds is 1. The maximum absolute atomic E-state index is 9.96. The minimum absolute atomic E-state index is 0.328. The molecule has 0 radical (unpaired) electrons. The Hall–Kier alpha value is -1.28. The Morgan fingerprint density at radius 3 is 2.35 bits per heavy atom. The number of halogens is 1. The highest BCUT2D eigenvalue weighted by molar-refractivity contribution is 9.10. The first kappa shape index (κ1) is 12.2. The summed E-state index contributed by atoms with van der Waals surface area (Å²) in [5.41, 5.74) is 5.48. The average molecular weight is 291 g/mol. The van der Waals surface area contributed by atoms with Crippen molar-refractivity contribution in [1.29, 1.82) is 0 Å². The van der Waals surface area contributed by atoms with Crippen LogP contribution in [0.25, 0.3) is 11.1 Å². The molecule has 0 aliphatic rings. The van der Waals surface area contributed by atoms with Crippen molar-refractivity contribution in [2.75, 3.05) is 0 Å². The molecule has 0 aliphatic heterocycles. The number of hydrogen-bond donors (Lipinski definition) is 1. The van der Waals surface area contributed by atoms with E-state index in [1.807, 2.05) is 19.1 Å². The summed E-state index contributed by atoms with van der Waals surface area (Å²) in [4.78, 5) is 0. The van der Waals surface area contributed by atoms with Gasteiger partial charge >= 0.3 is 0 Å². The van der Waals surface area contributed by atoms with E-state index in [0.29, 0.717) is 5.75 Å². The number of phenolic OH excluding ortho intramolecular Hbond substituents is 1. The van der Waals surface area contributed by atoms with Crippen molar-refractivity contribution < 1.29 is 5.11 Å². The minimum atomic E-state index is 0.328. The molecule has 0 spiro atoms. The van der Waals surface area contributed by atoms with Crippen LogP contribution in [0.4, 0.5) is 0 Å². The molecule has 0 amide bonds. The Morgan fingerprint density at radius 2 is 1.65 bits per heavy atom. The molecule has 17 heavy (non-hydrogen) atoms. The second-order valence-electron chi connectivity index (χ2n) is 4.39. The lowest BCUT2D eigenvalue weighted by Crippen LogP contribution is -1.89. The van der Waals surface area contributed by atoms with Crippen LogP contribution < -0.4 is 0 Å². The Balaban J connectivity index is 2.69. The standard InChI is InChI=1S/C15H15BrO/c1-9-4-7-14(17)13(8-9)12-6-5-10(2)15(16)11(12)3/h4-8,17H,1-3H3. The molecular weight excluding hydrogens is 276 g/mol.